The lowest BCUT2D eigenvalue weighted by Crippen LogP contribution is -2.46. The second-order valence-electron chi connectivity index (χ2n) is 7.98. The number of benzene rings is 2. The lowest BCUT2D eigenvalue weighted by Gasteiger charge is -2.36. The maximum atomic E-state index is 12.7. The normalized spacial score (nSPS) is 14.2. The summed E-state index contributed by atoms with van der Waals surface area (Å²) in [6.07, 6.45) is 1.61. The second-order valence-corrected chi connectivity index (χ2v) is 8.42. The molecule has 3 aromatic rings. The van der Waals surface area contributed by atoms with E-state index < -0.39 is 0 Å². The van der Waals surface area contributed by atoms with Crippen LogP contribution in [0.1, 0.15) is 5.69 Å². The van der Waals surface area contributed by atoms with Gasteiger partial charge in [-0.2, -0.15) is 0 Å². The van der Waals surface area contributed by atoms with Crippen LogP contribution in [0.5, 0.6) is 5.75 Å². The Balaban J connectivity index is 1.45. The number of nitrogens with one attached hydrogen (secondary N) is 1. The molecule has 1 aliphatic rings. The summed E-state index contributed by atoms with van der Waals surface area (Å²) in [4.78, 5) is 29.8. The van der Waals surface area contributed by atoms with Gasteiger partial charge in [0.2, 0.25) is 11.3 Å². The van der Waals surface area contributed by atoms with E-state index in [1.807, 2.05) is 18.2 Å². The van der Waals surface area contributed by atoms with Crippen LogP contribution >= 0.6 is 11.6 Å². The van der Waals surface area contributed by atoms with Crippen molar-refractivity contribution in [3.8, 4) is 5.75 Å². The van der Waals surface area contributed by atoms with Crippen molar-refractivity contribution in [3.05, 3.63) is 87.8 Å². The van der Waals surface area contributed by atoms with Gasteiger partial charge >= 0.3 is 0 Å². The summed E-state index contributed by atoms with van der Waals surface area (Å²) in [5.41, 5.74) is 2.42. The Bertz CT molecular complexity index is 1160. The first-order valence-corrected chi connectivity index (χ1v) is 11.2. The molecule has 0 saturated carbocycles. The molecule has 4 rings (SSSR count). The highest BCUT2D eigenvalue weighted by atomic mass is 35.5. The van der Waals surface area contributed by atoms with Crippen molar-refractivity contribution in [1.29, 1.82) is 0 Å². The SMILES string of the molecule is COc1cn(CC(=O)Nc2cccc(Cl)c2)c(CN2CCN(c3ccccc3)CC2)cc1=O. The summed E-state index contributed by atoms with van der Waals surface area (Å²) in [5.74, 6) is 0.00122. The van der Waals surface area contributed by atoms with Crippen LogP contribution in [0.4, 0.5) is 11.4 Å². The maximum Gasteiger partial charge on any atom is 0.244 e. The number of methoxy groups -OCH3 is 1. The van der Waals surface area contributed by atoms with Crippen molar-refractivity contribution < 1.29 is 9.53 Å². The monoisotopic (exact) mass is 466 g/mol. The van der Waals surface area contributed by atoms with E-state index in [1.165, 1.54) is 12.8 Å². The molecule has 1 saturated heterocycles. The minimum absolute atomic E-state index is 0.0580. The maximum absolute atomic E-state index is 12.7. The highest BCUT2D eigenvalue weighted by molar-refractivity contribution is 6.30. The number of aromatic nitrogens is 1. The van der Waals surface area contributed by atoms with E-state index >= 15 is 0 Å². The molecule has 1 aliphatic heterocycles. The molecule has 2 aromatic carbocycles. The molecule has 0 spiro atoms. The predicted octanol–water partition coefficient (Wildman–Crippen LogP) is 3.47. The van der Waals surface area contributed by atoms with Crippen molar-refractivity contribution in [2.45, 2.75) is 13.1 Å². The first kappa shape index (κ1) is 22.9. The van der Waals surface area contributed by atoms with Crippen molar-refractivity contribution in [2.75, 3.05) is 43.5 Å². The van der Waals surface area contributed by atoms with E-state index in [0.717, 1.165) is 31.9 Å². The van der Waals surface area contributed by atoms with Gasteiger partial charge in [-0.15, -0.1) is 0 Å². The Morgan fingerprint density at radius 1 is 1.03 bits per heavy atom. The Labute approximate surface area is 198 Å². The third-order valence-corrected chi connectivity index (χ3v) is 5.94. The van der Waals surface area contributed by atoms with Gasteiger partial charge in [-0.05, 0) is 30.3 Å². The minimum atomic E-state index is -0.210. The highest BCUT2D eigenvalue weighted by Crippen LogP contribution is 2.18. The van der Waals surface area contributed by atoms with Crippen LogP contribution in [0.2, 0.25) is 5.02 Å². The van der Waals surface area contributed by atoms with Gasteiger partial charge in [-0.1, -0.05) is 35.9 Å². The fraction of sp³-hybridized carbons (Fsp3) is 0.280. The van der Waals surface area contributed by atoms with Gasteiger partial charge in [0.05, 0.1) is 13.3 Å². The van der Waals surface area contributed by atoms with Gasteiger partial charge in [0, 0.05) is 60.9 Å². The van der Waals surface area contributed by atoms with Gasteiger partial charge < -0.3 is 19.5 Å². The lowest BCUT2D eigenvalue weighted by atomic mass is 10.2. The zero-order valence-corrected chi connectivity index (χ0v) is 19.3. The second kappa shape index (κ2) is 10.6. The molecule has 33 heavy (non-hydrogen) atoms. The van der Waals surface area contributed by atoms with Crippen LogP contribution in [-0.4, -0.2) is 48.7 Å². The number of nitrogens with zero attached hydrogens (tertiary/aromatic N) is 3. The zero-order valence-electron chi connectivity index (χ0n) is 18.5. The summed E-state index contributed by atoms with van der Waals surface area (Å²) in [5, 5.41) is 3.40. The number of rotatable bonds is 7. The smallest absolute Gasteiger partial charge is 0.244 e. The quantitative estimate of drug-likeness (QED) is 0.577. The fourth-order valence-electron chi connectivity index (χ4n) is 3.98. The largest absolute Gasteiger partial charge is 0.491 e. The van der Waals surface area contributed by atoms with E-state index in [1.54, 1.807) is 41.1 Å². The Morgan fingerprint density at radius 3 is 2.48 bits per heavy atom. The topological polar surface area (TPSA) is 66.8 Å². The van der Waals surface area contributed by atoms with E-state index in [9.17, 15) is 9.59 Å². The predicted molar refractivity (Wildman–Crippen MR) is 131 cm³/mol. The number of carbonyl (C=O) groups is 1. The molecule has 1 amide bonds. The van der Waals surface area contributed by atoms with Gasteiger partial charge in [0.1, 0.15) is 6.54 Å². The summed E-state index contributed by atoms with van der Waals surface area (Å²) in [6.45, 7) is 4.17. The average Bonchev–Trinajstić information content (AvgIpc) is 2.82. The minimum Gasteiger partial charge on any atom is -0.491 e. The van der Waals surface area contributed by atoms with Gasteiger partial charge in [0.15, 0.2) is 5.75 Å². The van der Waals surface area contributed by atoms with E-state index in [4.69, 9.17) is 16.3 Å². The Morgan fingerprint density at radius 2 is 1.79 bits per heavy atom. The summed E-state index contributed by atoms with van der Waals surface area (Å²) in [6, 6.07) is 18.9. The molecule has 0 unspecified atom stereocenters. The molecular weight excluding hydrogens is 440 g/mol. The Hall–Kier alpha value is -3.29. The summed E-state index contributed by atoms with van der Waals surface area (Å²) >= 11 is 6.01. The number of carbonyl (C=O) groups excluding carboxylic acids is 1. The molecule has 0 radical (unpaired) electrons. The number of hydrogen-bond acceptors (Lipinski definition) is 5. The third kappa shape index (κ3) is 5.94. The summed E-state index contributed by atoms with van der Waals surface area (Å²) in [7, 11) is 1.45. The first-order chi connectivity index (χ1) is 16.0. The van der Waals surface area contributed by atoms with Crippen molar-refractivity contribution >= 4 is 28.9 Å². The molecule has 2 heterocycles. The van der Waals surface area contributed by atoms with Crippen LogP contribution in [0.3, 0.4) is 0 Å². The van der Waals surface area contributed by atoms with E-state index in [0.29, 0.717) is 17.3 Å². The summed E-state index contributed by atoms with van der Waals surface area (Å²) < 4.78 is 6.99. The molecule has 8 heteroatoms. The Kier molecular flexibility index (Phi) is 7.32. The molecule has 1 fully saturated rings. The molecule has 7 nitrogen and oxygen atoms in total. The number of pyridine rings is 1. The van der Waals surface area contributed by atoms with Crippen LogP contribution in [0.15, 0.2) is 71.7 Å². The number of halogens is 1. The first-order valence-electron chi connectivity index (χ1n) is 10.9. The molecule has 0 atom stereocenters. The lowest BCUT2D eigenvalue weighted by molar-refractivity contribution is -0.116. The van der Waals surface area contributed by atoms with Crippen molar-refractivity contribution in [3.63, 3.8) is 0 Å². The fourth-order valence-corrected chi connectivity index (χ4v) is 4.17. The van der Waals surface area contributed by atoms with Crippen molar-refractivity contribution in [1.82, 2.24) is 9.47 Å². The standard InChI is InChI=1S/C25H27ClN4O3/c1-33-24-17-30(18-25(32)27-20-7-5-6-19(26)14-20)22(15-23(24)31)16-28-10-12-29(13-11-28)21-8-3-2-4-9-21/h2-9,14-15,17H,10-13,16,18H2,1H3,(H,27,32). The van der Waals surface area contributed by atoms with Crippen LogP contribution < -0.4 is 20.4 Å². The number of ether oxygens (including phenoxy) is 1. The van der Waals surface area contributed by atoms with E-state index in [-0.39, 0.29) is 23.6 Å². The van der Waals surface area contributed by atoms with Crippen LogP contribution in [0.25, 0.3) is 0 Å². The zero-order chi connectivity index (χ0) is 23.2. The van der Waals surface area contributed by atoms with Crippen LogP contribution in [0, 0.1) is 0 Å². The number of piperazine rings is 1. The molecule has 0 bridgehead atoms. The molecular formula is C25H27ClN4O3. The molecule has 1 N–H and O–H groups in total. The molecule has 1 aromatic heterocycles. The molecule has 0 aliphatic carbocycles. The number of para-hydroxylation sites is 1. The van der Waals surface area contributed by atoms with Crippen molar-refractivity contribution in [2.24, 2.45) is 0 Å². The van der Waals surface area contributed by atoms with Gasteiger partial charge in [-0.25, -0.2) is 0 Å². The van der Waals surface area contributed by atoms with Crippen LogP contribution in [-0.2, 0) is 17.9 Å². The number of amides is 1. The average molecular weight is 467 g/mol. The molecule has 172 valence electrons. The van der Waals surface area contributed by atoms with Gasteiger partial charge in [0.25, 0.3) is 0 Å². The number of anilines is 2. The number of hydrogen-bond donors (Lipinski definition) is 1. The van der Waals surface area contributed by atoms with Gasteiger partial charge in [-0.3, -0.25) is 14.5 Å². The van der Waals surface area contributed by atoms with E-state index in [2.05, 4.69) is 27.2 Å². The third-order valence-electron chi connectivity index (χ3n) is 5.70. The highest BCUT2D eigenvalue weighted by Gasteiger charge is 2.19.